The molecule has 1 atom stereocenters. The molecule has 0 saturated carbocycles. The van der Waals surface area contributed by atoms with E-state index in [-0.39, 0.29) is 5.56 Å². The van der Waals surface area contributed by atoms with E-state index in [1.54, 1.807) is 18.2 Å². The van der Waals surface area contributed by atoms with Crippen molar-refractivity contribution in [1.82, 2.24) is 5.73 Å². The largest absolute Gasteiger partial charge is 0.342 e. The molecule has 0 aromatic heterocycles. The molecular formula is C8H9NO4P. The van der Waals surface area contributed by atoms with Gasteiger partial charge in [0.25, 0.3) is 5.91 Å². The van der Waals surface area contributed by atoms with Crippen LogP contribution in [0.25, 0.3) is 0 Å². The van der Waals surface area contributed by atoms with Crippen molar-refractivity contribution in [2.45, 2.75) is 5.66 Å². The number of carbonyl (C=O) groups excluding carboxylic acids is 1. The van der Waals surface area contributed by atoms with E-state index >= 15 is 0 Å². The van der Waals surface area contributed by atoms with Crippen molar-refractivity contribution >= 4 is 13.5 Å². The van der Waals surface area contributed by atoms with Crippen LogP contribution in [0.15, 0.2) is 30.3 Å². The number of benzene rings is 1. The fourth-order valence-corrected chi connectivity index (χ4v) is 2.00. The molecule has 1 radical (unpaired) electrons. The topological polar surface area (TPSA) is 98.4 Å². The Morgan fingerprint density at radius 1 is 1.29 bits per heavy atom. The summed E-state index contributed by atoms with van der Waals surface area (Å²) in [7, 11) is -4.59. The van der Waals surface area contributed by atoms with Crippen LogP contribution in [0.1, 0.15) is 11.2 Å². The molecular weight excluding hydrogens is 205 g/mol. The molecule has 6 heteroatoms. The molecule has 5 nitrogen and oxygen atoms in total. The minimum Gasteiger partial charge on any atom is -0.324 e. The summed E-state index contributed by atoms with van der Waals surface area (Å²) in [6.07, 6.45) is 0. The summed E-state index contributed by atoms with van der Waals surface area (Å²) in [5.74, 6) is -1.27. The van der Waals surface area contributed by atoms with Crippen LogP contribution in [-0.2, 0) is 9.36 Å². The Hall–Kier alpha value is -1.16. The zero-order chi connectivity index (χ0) is 10.8. The minimum atomic E-state index is -4.59. The molecule has 75 valence electrons. The normalized spacial score (nSPS) is 13.6. The monoisotopic (exact) mass is 214 g/mol. The Balaban J connectivity index is 3.15. The van der Waals surface area contributed by atoms with Crippen molar-refractivity contribution in [2.24, 2.45) is 0 Å². The lowest BCUT2D eigenvalue weighted by molar-refractivity contribution is -0.118. The van der Waals surface area contributed by atoms with Crippen molar-refractivity contribution in [3.05, 3.63) is 35.9 Å². The lowest BCUT2D eigenvalue weighted by Gasteiger charge is -2.14. The molecule has 14 heavy (non-hydrogen) atoms. The Labute approximate surface area is 80.7 Å². The second-order valence-corrected chi connectivity index (χ2v) is 4.46. The van der Waals surface area contributed by atoms with Gasteiger partial charge in [0, 0.05) is 0 Å². The summed E-state index contributed by atoms with van der Waals surface area (Å²) in [4.78, 5) is 28.5. The number of nitrogens with one attached hydrogen (secondary N) is 1. The van der Waals surface area contributed by atoms with Crippen molar-refractivity contribution in [2.75, 3.05) is 0 Å². The number of hydrogen-bond acceptors (Lipinski definition) is 2. The zero-order valence-electron chi connectivity index (χ0n) is 7.12. The molecule has 0 heterocycles. The first-order valence-electron chi connectivity index (χ1n) is 3.78. The summed E-state index contributed by atoms with van der Waals surface area (Å²) in [6.45, 7) is 0. The highest BCUT2D eigenvalue weighted by Gasteiger charge is 2.35. The van der Waals surface area contributed by atoms with Crippen LogP contribution in [0.4, 0.5) is 0 Å². The molecule has 1 aromatic rings. The van der Waals surface area contributed by atoms with E-state index in [2.05, 4.69) is 0 Å². The second kappa shape index (κ2) is 3.92. The van der Waals surface area contributed by atoms with Gasteiger partial charge in [-0.05, 0) is 5.56 Å². The van der Waals surface area contributed by atoms with E-state index < -0.39 is 19.2 Å². The first-order valence-corrected chi connectivity index (χ1v) is 5.46. The van der Waals surface area contributed by atoms with E-state index in [0.29, 0.717) is 0 Å². The van der Waals surface area contributed by atoms with Crippen LogP contribution in [0.2, 0.25) is 0 Å². The molecule has 1 aromatic carbocycles. The number of amides is 1. The Morgan fingerprint density at radius 3 is 2.14 bits per heavy atom. The predicted molar refractivity (Wildman–Crippen MR) is 49.3 cm³/mol. The van der Waals surface area contributed by atoms with Crippen LogP contribution < -0.4 is 5.73 Å². The fraction of sp³-hybridized carbons (Fsp3) is 0.125. The second-order valence-electron chi connectivity index (χ2n) is 2.77. The lowest BCUT2D eigenvalue weighted by atomic mass is 10.1. The number of rotatable bonds is 3. The van der Waals surface area contributed by atoms with Gasteiger partial charge >= 0.3 is 7.60 Å². The molecule has 0 saturated heterocycles. The Morgan fingerprint density at radius 2 is 1.79 bits per heavy atom. The summed E-state index contributed by atoms with van der Waals surface area (Å²) in [5, 5.41) is 0. The molecule has 0 aliphatic heterocycles. The maximum absolute atomic E-state index is 10.9. The summed E-state index contributed by atoms with van der Waals surface area (Å²) >= 11 is 0. The van der Waals surface area contributed by atoms with Crippen molar-refractivity contribution in [3.63, 3.8) is 0 Å². The van der Waals surface area contributed by atoms with Crippen molar-refractivity contribution in [1.29, 1.82) is 0 Å². The molecule has 1 unspecified atom stereocenters. The smallest absolute Gasteiger partial charge is 0.324 e. The SMILES string of the molecule is [NH]C(=O)C(c1ccccc1)P(=O)(O)O. The van der Waals surface area contributed by atoms with Gasteiger partial charge in [-0.2, -0.15) is 0 Å². The van der Waals surface area contributed by atoms with Gasteiger partial charge in [0.05, 0.1) is 0 Å². The maximum Gasteiger partial charge on any atom is 0.342 e. The molecule has 0 bridgehead atoms. The average Bonchev–Trinajstić information content (AvgIpc) is 2.02. The number of hydrogen-bond donors (Lipinski definition) is 2. The van der Waals surface area contributed by atoms with Crippen molar-refractivity contribution in [3.8, 4) is 0 Å². The zero-order valence-corrected chi connectivity index (χ0v) is 8.02. The molecule has 1 amide bonds. The van der Waals surface area contributed by atoms with Gasteiger partial charge in [-0.25, -0.2) is 0 Å². The lowest BCUT2D eigenvalue weighted by Crippen LogP contribution is -2.13. The Kier molecular flexibility index (Phi) is 3.06. The van der Waals surface area contributed by atoms with E-state index in [1.807, 2.05) is 0 Å². The van der Waals surface area contributed by atoms with E-state index in [9.17, 15) is 9.36 Å². The first kappa shape index (κ1) is 10.9. The molecule has 1 rings (SSSR count). The van der Waals surface area contributed by atoms with Gasteiger partial charge in [-0.15, -0.1) is 0 Å². The summed E-state index contributed by atoms with van der Waals surface area (Å²) in [5.41, 5.74) is 5.30. The average molecular weight is 214 g/mol. The van der Waals surface area contributed by atoms with Crippen molar-refractivity contribution < 1.29 is 19.1 Å². The third-order valence-electron chi connectivity index (χ3n) is 1.70. The molecule has 0 aliphatic rings. The van der Waals surface area contributed by atoms with E-state index in [0.717, 1.165) is 0 Å². The molecule has 3 N–H and O–H groups in total. The highest BCUT2D eigenvalue weighted by atomic mass is 31.2. The summed E-state index contributed by atoms with van der Waals surface area (Å²) in [6, 6.07) is 7.60. The maximum atomic E-state index is 10.9. The standard InChI is InChI=1S/C8H9NO4P/c9-8(10)7(14(11,12)13)6-4-2-1-3-5-6/h1-5,7,9H,(H2,11,12,13). The van der Waals surface area contributed by atoms with Gasteiger partial charge in [-0.3, -0.25) is 15.1 Å². The van der Waals surface area contributed by atoms with Gasteiger partial charge in [0.1, 0.15) is 0 Å². The first-order chi connectivity index (χ1) is 6.43. The van der Waals surface area contributed by atoms with Crippen LogP contribution in [0.5, 0.6) is 0 Å². The fourth-order valence-electron chi connectivity index (χ4n) is 1.13. The molecule has 0 fully saturated rings. The van der Waals surface area contributed by atoms with Crippen LogP contribution in [0, 0.1) is 0 Å². The van der Waals surface area contributed by atoms with Gasteiger partial charge in [0.2, 0.25) is 0 Å². The third kappa shape index (κ3) is 2.42. The molecule has 0 aliphatic carbocycles. The van der Waals surface area contributed by atoms with Crippen LogP contribution >= 0.6 is 7.60 Å². The third-order valence-corrected chi connectivity index (χ3v) is 2.91. The number of carbonyl (C=O) groups is 1. The van der Waals surface area contributed by atoms with Gasteiger partial charge in [-0.1, -0.05) is 30.3 Å². The van der Waals surface area contributed by atoms with Crippen LogP contribution in [0.3, 0.4) is 0 Å². The highest BCUT2D eigenvalue weighted by Crippen LogP contribution is 2.51. The Bertz CT molecular complexity index is 372. The quantitative estimate of drug-likeness (QED) is 0.724. The van der Waals surface area contributed by atoms with E-state index in [4.69, 9.17) is 15.5 Å². The molecule has 0 spiro atoms. The van der Waals surface area contributed by atoms with Gasteiger partial charge in [0.15, 0.2) is 5.66 Å². The highest BCUT2D eigenvalue weighted by molar-refractivity contribution is 7.53. The minimum absolute atomic E-state index is 0.167. The predicted octanol–water partition coefficient (Wildman–Crippen LogP) is 0.715. The summed E-state index contributed by atoms with van der Waals surface area (Å²) < 4.78 is 10.9. The van der Waals surface area contributed by atoms with E-state index in [1.165, 1.54) is 12.1 Å². The van der Waals surface area contributed by atoms with Gasteiger partial charge < -0.3 is 9.79 Å². The van der Waals surface area contributed by atoms with Crippen LogP contribution in [-0.4, -0.2) is 15.7 Å².